The van der Waals surface area contributed by atoms with Crippen LogP contribution in [0.25, 0.3) is 0 Å². The molecule has 104 valence electrons. The quantitative estimate of drug-likeness (QED) is 0.821. The molecule has 3 N–H and O–H groups in total. The van der Waals surface area contributed by atoms with Crippen molar-refractivity contribution in [2.45, 2.75) is 44.7 Å². The number of benzene rings is 1. The number of esters is 1. The molecule has 0 amide bonds. The molecule has 4 nitrogen and oxygen atoms in total. The van der Waals surface area contributed by atoms with Gasteiger partial charge in [0.25, 0.3) is 0 Å². The number of aryl methyl sites for hydroxylation is 1. The van der Waals surface area contributed by atoms with Gasteiger partial charge in [-0.3, -0.25) is 0 Å². The van der Waals surface area contributed by atoms with E-state index in [0.717, 1.165) is 30.5 Å². The lowest BCUT2D eigenvalue weighted by atomic mass is 9.91. The van der Waals surface area contributed by atoms with Crippen LogP contribution in [0.3, 0.4) is 0 Å². The molecule has 0 saturated heterocycles. The second-order valence-corrected chi connectivity index (χ2v) is 5.29. The second-order valence-electron chi connectivity index (χ2n) is 5.29. The van der Waals surface area contributed by atoms with Gasteiger partial charge in [-0.15, -0.1) is 0 Å². The monoisotopic (exact) mass is 262 g/mol. The van der Waals surface area contributed by atoms with Crippen LogP contribution in [0.15, 0.2) is 18.2 Å². The predicted molar refractivity (Wildman–Crippen MR) is 76.4 cm³/mol. The van der Waals surface area contributed by atoms with Crippen LogP contribution in [0.1, 0.15) is 41.6 Å². The van der Waals surface area contributed by atoms with Crippen LogP contribution < -0.4 is 11.1 Å². The smallest absolute Gasteiger partial charge is 0.337 e. The predicted octanol–water partition coefficient (Wildman–Crippen LogP) is 2.46. The number of hydrogen-bond donors (Lipinski definition) is 2. The third-order valence-corrected chi connectivity index (χ3v) is 3.72. The van der Waals surface area contributed by atoms with Crippen LogP contribution in [0, 0.1) is 6.92 Å². The maximum Gasteiger partial charge on any atom is 0.337 e. The molecule has 1 aromatic rings. The third-order valence-electron chi connectivity index (χ3n) is 3.72. The van der Waals surface area contributed by atoms with E-state index in [-0.39, 0.29) is 5.97 Å². The van der Waals surface area contributed by atoms with Gasteiger partial charge in [0, 0.05) is 17.8 Å². The molecule has 0 aromatic heterocycles. The van der Waals surface area contributed by atoms with Gasteiger partial charge in [-0.2, -0.15) is 0 Å². The Labute approximate surface area is 114 Å². The lowest BCUT2D eigenvalue weighted by Crippen LogP contribution is -2.35. The van der Waals surface area contributed by atoms with Crippen LogP contribution in [0.5, 0.6) is 0 Å². The molecule has 4 heteroatoms. The first-order valence-corrected chi connectivity index (χ1v) is 6.81. The fraction of sp³-hybridized carbons (Fsp3) is 0.533. The second kappa shape index (κ2) is 6.06. The Balaban J connectivity index is 2.06. The number of nitrogens with one attached hydrogen (secondary N) is 1. The van der Waals surface area contributed by atoms with Crippen LogP contribution in [-0.2, 0) is 4.74 Å². The summed E-state index contributed by atoms with van der Waals surface area (Å²) in [7, 11) is 1.40. The highest BCUT2D eigenvalue weighted by atomic mass is 16.5. The Hall–Kier alpha value is -1.55. The van der Waals surface area contributed by atoms with Crippen molar-refractivity contribution in [2.75, 3.05) is 12.4 Å². The van der Waals surface area contributed by atoms with Gasteiger partial charge in [0.1, 0.15) is 0 Å². The highest BCUT2D eigenvalue weighted by molar-refractivity contribution is 5.90. The average molecular weight is 262 g/mol. The molecule has 0 radical (unpaired) electrons. The number of ether oxygens (including phenoxy) is 1. The summed E-state index contributed by atoms with van der Waals surface area (Å²) in [5.74, 6) is -0.297. The first-order valence-electron chi connectivity index (χ1n) is 6.81. The number of carbonyl (C=O) groups excluding carboxylic acids is 1. The van der Waals surface area contributed by atoms with Crippen molar-refractivity contribution in [3.05, 3.63) is 29.3 Å². The van der Waals surface area contributed by atoms with Crippen LogP contribution in [0.4, 0.5) is 5.69 Å². The van der Waals surface area contributed by atoms with Crippen molar-refractivity contribution >= 4 is 11.7 Å². The van der Waals surface area contributed by atoms with Gasteiger partial charge in [-0.1, -0.05) is 0 Å². The van der Waals surface area contributed by atoms with E-state index in [2.05, 4.69) is 5.32 Å². The minimum absolute atomic E-state index is 0.297. The SMILES string of the molecule is COC(=O)c1ccc(NC2CCCC(N)C2)c(C)c1. The Bertz CT molecular complexity index is 459. The Morgan fingerprint density at radius 3 is 2.84 bits per heavy atom. The summed E-state index contributed by atoms with van der Waals surface area (Å²) < 4.78 is 4.72. The standard InChI is InChI=1S/C15H22N2O2/c1-10-8-11(15(18)19-2)6-7-14(10)17-13-5-3-4-12(16)9-13/h6-8,12-13,17H,3-5,9,16H2,1-2H3. The van der Waals surface area contributed by atoms with E-state index < -0.39 is 0 Å². The van der Waals surface area contributed by atoms with Gasteiger partial charge >= 0.3 is 5.97 Å². The van der Waals surface area contributed by atoms with Crippen molar-refractivity contribution in [1.82, 2.24) is 0 Å². The first-order chi connectivity index (χ1) is 9.10. The largest absolute Gasteiger partial charge is 0.465 e. The molecule has 0 aliphatic heterocycles. The molecule has 0 spiro atoms. The first kappa shape index (κ1) is 13.9. The van der Waals surface area contributed by atoms with E-state index in [1.54, 1.807) is 6.07 Å². The molecule has 0 heterocycles. The molecule has 1 fully saturated rings. The van der Waals surface area contributed by atoms with E-state index in [4.69, 9.17) is 10.5 Å². The number of anilines is 1. The zero-order chi connectivity index (χ0) is 13.8. The zero-order valence-electron chi connectivity index (χ0n) is 11.6. The molecular weight excluding hydrogens is 240 g/mol. The number of nitrogens with two attached hydrogens (primary N) is 1. The summed E-state index contributed by atoms with van der Waals surface area (Å²) >= 11 is 0. The third kappa shape index (κ3) is 3.47. The molecule has 1 aliphatic rings. The lowest BCUT2D eigenvalue weighted by Gasteiger charge is -2.28. The molecule has 2 unspecified atom stereocenters. The highest BCUT2D eigenvalue weighted by Gasteiger charge is 2.19. The van der Waals surface area contributed by atoms with E-state index in [0.29, 0.717) is 17.6 Å². The van der Waals surface area contributed by atoms with Gasteiger partial charge in [-0.05, 0) is 56.4 Å². The summed E-state index contributed by atoms with van der Waals surface area (Å²) in [6.45, 7) is 2.00. The summed E-state index contributed by atoms with van der Waals surface area (Å²) in [6, 6.07) is 6.34. The van der Waals surface area contributed by atoms with Gasteiger partial charge in [0.05, 0.1) is 12.7 Å². The summed E-state index contributed by atoms with van der Waals surface area (Å²) in [4.78, 5) is 11.5. The molecule has 19 heavy (non-hydrogen) atoms. The van der Waals surface area contributed by atoms with Gasteiger partial charge in [0.15, 0.2) is 0 Å². The molecule has 2 rings (SSSR count). The molecule has 1 aromatic carbocycles. The molecule has 1 aliphatic carbocycles. The Kier molecular flexibility index (Phi) is 4.43. The van der Waals surface area contributed by atoms with E-state index in [9.17, 15) is 4.79 Å². The number of methoxy groups -OCH3 is 1. The van der Waals surface area contributed by atoms with E-state index in [1.165, 1.54) is 13.5 Å². The minimum Gasteiger partial charge on any atom is -0.465 e. The topological polar surface area (TPSA) is 64.3 Å². The Morgan fingerprint density at radius 2 is 2.21 bits per heavy atom. The maximum atomic E-state index is 11.5. The zero-order valence-corrected chi connectivity index (χ0v) is 11.6. The van der Waals surface area contributed by atoms with Crippen molar-refractivity contribution in [3.8, 4) is 0 Å². The maximum absolute atomic E-state index is 11.5. The molecule has 1 saturated carbocycles. The molecular formula is C15H22N2O2. The van der Waals surface area contributed by atoms with Crippen LogP contribution >= 0.6 is 0 Å². The van der Waals surface area contributed by atoms with Gasteiger partial charge < -0.3 is 15.8 Å². The van der Waals surface area contributed by atoms with E-state index >= 15 is 0 Å². The van der Waals surface area contributed by atoms with Gasteiger partial charge in [-0.25, -0.2) is 4.79 Å². The lowest BCUT2D eigenvalue weighted by molar-refractivity contribution is 0.0600. The fourth-order valence-corrected chi connectivity index (χ4v) is 2.65. The molecule has 2 atom stereocenters. The minimum atomic E-state index is -0.297. The van der Waals surface area contributed by atoms with Gasteiger partial charge in [0.2, 0.25) is 0 Å². The number of carbonyl (C=O) groups is 1. The van der Waals surface area contributed by atoms with E-state index in [1.807, 2.05) is 19.1 Å². The Morgan fingerprint density at radius 1 is 1.42 bits per heavy atom. The van der Waals surface area contributed by atoms with Crippen molar-refractivity contribution in [2.24, 2.45) is 5.73 Å². The summed E-state index contributed by atoms with van der Waals surface area (Å²) in [6.07, 6.45) is 4.47. The number of rotatable bonds is 3. The van der Waals surface area contributed by atoms with Crippen molar-refractivity contribution in [1.29, 1.82) is 0 Å². The molecule has 0 bridgehead atoms. The van der Waals surface area contributed by atoms with Crippen LogP contribution in [-0.4, -0.2) is 25.2 Å². The summed E-state index contributed by atoms with van der Waals surface area (Å²) in [5.41, 5.74) is 8.72. The summed E-state index contributed by atoms with van der Waals surface area (Å²) in [5, 5.41) is 3.53. The normalized spacial score (nSPS) is 22.9. The van der Waals surface area contributed by atoms with Crippen LogP contribution in [0.2, 0.25) is 0 Å². The average Bonchev–Trinajstić information content (AvgIpc) is 2.40. The fourth-order valence-electron chi connectivity index (χ4n) is 2.65. The number of hydrogen-bond acceptors (Lipinski definition) is 4. The van der Waals surface area contributed by atoms with Crippen molar-refractivity contribution in [3.63, 3.8) is 0 Å². The van der Waals surface area contributed by atoms with Crippen molar-refractivity contribution < 1.29 is 9.53 Å². The highest BCUT2D eigenvalue weighted by Crippen LogP contribution is 2.24.